The van der Waals surface area contributed by atoms with Crippen LogP contribution in [-0.4, -0.2) is 54.5 Å². The van der Waals surface area contributed by atoms with Crippen molar-refractivity contribution in [3.63, 3.8) is 0 Å². The second-order valence-corrected chi connectivity index (χ2v) is 6.95. The molecule has 0 spiro atoms. The van der Waals surface area contributed by atoms with Gasteiger partial charge >= 0.3 is 6.18 Å². The van der Waals surface area contributed by atoms with Gasteiger partial charge in [0.25, 0.3) is 0 Å². The number of aromatic nitrogens is 2. The second kappa shape index (κ2) is 8.52. The van der Waals surface area contributed by atoms with E-state index in [0.717, 1.165) is 12.1 Å². The first-order valence-corrected chi connectivity index (χ1v) is 9.30. The van der Waals surface area contributed by atoms with Gasteiger partial charge in [0.2, 0.25) is 11.8 Å². The number of hydrogen-bond donors (Lipinski definition) is 2. The highest BCUT2D eigenvalue weighted by atomic mass is 19.4. The molecule has 2 aliphatic heterocycles. The number of alkyl halides is 3. The molecule has 2 aromatic rings. The minimum absolute atomic E-state index is 0.0192. The lowest BCUT2D eigenvalue weighted by molar-refractivity contribution is -0.137. The molecule has 2 atom stereocenters. The Balaban J connectivity index is 1.31. The van der Waals surface area contributed by atoms with Gasteiger partial charge in [-0.15, -0.1) is 0 Å². The van der Waals surface area contributed by atoms with Crippen LogP contribution in [0.4, 0.5) is 19.1 Å². The lowest BCUT2D eigenvalue weighted by atomic mass is 10.1. The van der Waals surface area contributed by atoms with Crippen molar-refractivity contribution in [3.8, 4) is 5.88 Å². The van der Waals surface area contributed by atoms with Gasteiger partial charge in [-0.2, -0.15) is 18.2 Å². The summed E-state index contributed by atoms with van der Waals surface area (Å²) in [6.07, 6.45) is -2.88. The molecule has 0 bridgehead atoms. The van der Waals surface area contributed by atoms with E-state index in [1.807, 2.05) is 0 Å². The summed E-state index contributed by atoms with van der Waals surface area (Å²) in [6, 6.07) is 6.60. The molecule has 10 heteroatoms. The maximum atomic E-state index is 12.7. The molecule has 2 N–H and O–H groups in total. The molecule has 156 valence electrons. The highest BCUT2D eigenvalue weighted by Gasteiger charge is 2.31. The molecule has 2 saturated heterocycles. The first-order valence-electron chi connectivity index (χ1n) is 9.30. The normalized spacial score (nSPS) is 22.3. The zero-order valence-corrected chi connectivity index (χ0v) is 15.5. The Labute approximate surface area is 165 Å². The number of hydrogen-bond acceptors (Lipinski definition) is 7. The van der Waals surface area contributed by atoms with Crippen LogP contribution < -0.4 is 15.4 Å². The molecule has 0 aliphatic carbocycles. The fraction of sp³-hybridized carbons (Fsp3) is 0.474. The van der Waals surface area contributed by atoms with E-state index in [1.54, 1.807) is 12.3 Å². The standard InChI is InChI=1S/C19H21F3N4O3/c20-19(21,22)13-3-1-12(2-4-13)9-28-16-8-23-7-15(16)25-18-24-6-5-17(26-18)29-14-10-27-11-14/h1-6,14-16,23H,7-11H2,(H,24,25,26). The fourth-order valence-electron chi connectivity index (χ4n) is 3.06. The predicted octanol–water partition coefficient (Wildman–Crippen LogP) is 2.24. The highest BCUT2D eigenvalue weighted by molar-refractivity contribution is 5.30. The minimum atomic E-state index is -4.34. The quantitative estimate of drug-likeness (QED) is 0.725. The van der Waals surface area contributed by atoms with Crippen molar-refractivity contribution in [3.05, 3.63) is 47.7 Å². The van der Waals surface area contributed by atoms with Crippen molar-refractivity contribution in [1.82, 2.24) is 15.3 Å². The van der Waals surface area contributed by atoms with E-state index in [0.29, 0.717) is 43.7 Å². The van der Waals surface area contributed by atoms with E-state index in [2.05, 4.69) is 20.6 Å². The van der Waals surface area contributed by atoms with Gasteiger partial charge in [-0.05, 0) is 17.7 Å². The third kappa shape index (κ3) is 5.14. The van der Waals surface area contributed by atoms with E-state index >= 15 is 0 Å². The average molecular weight is 410 g/mol. The number of nitrogens with zero attached hydrogens (tertiary/aromatic N) is 2. The summed E-state index contributed by atoms with van der Waals surface area (Å²) in [5.41, 5.74) is 0.00838. The lowest BCUT2D eigenvalue weighted by Crippen LogP contribution is -2.39. The zero-order valence-electron chi connectivity index (χ0n) is 15.5. The average Bonchev–Trinajstić information content (AvgIpc) is 3.10. The Morgan fingerprint density at radius 1 is 1.14 bits per heavy atom. The second-order valence-electron chi connectivity index (χ2n) is 6.95. The summed E-state index contributed by atoms with van der Waals surface area (Å²) < 4.78 is 54.6. The summed E-state index contributed by atoms with van der Waals surface area (Å²) in [5.74, 6) is 0.906. The fourth-order valence-corrected chi connectivity index (χ4v) is 3.06. The first kappa shape index (κ1) is 19.9. The van der Waals surface area contributed by atoms with Crippen LogP contribution in [-0.2, 0) is 22.3 Å². The van der Waals surface area contributed by atoms with Crippen molar-refractivity contribution in [2.24, 2.45) is 0 Å². The molecule has 0 radical (unpaired) electrons. The molecule has 29 heavy (non-hydrogen) atoms. The molecule has 1 aromatic carbocycles. The molecular formula is C19H21F3N4O3. The molecule has 4 rings (SSSR count). The molecule has 2 unspecified atom stereocenters. The summed E-state index contributed by atoms with van der Waals surface area (Å²) in [7, 11) is 0. The van der Waals surface area contributed by atoms with Crippen LogP contribution in [0, 0.1) is 0 Å². The molecule has 1 aromatic heterocycles. The summed E-state index contributed by atoms with van der Waals surface area (Å²) >= 11 is 0. The van der Waals surface area contributed by atoms with Crippen LogP contribution in [0.15, 0.2) is 36.5 Å². The number of ether oxygens (including phenoxy) is 3. The van der Waals surface area contributed by atoms with E-state index in [4.69, 9.17) is 14.2 Å². The van der Waals surface area contributed by atoms with Crippen LogP contribution in [0.1, 0.15) is 11.1 Å². The molecule has 2 aliphatic rings. The third-order valence-electron chi connectivity index (χ3n) is 4.74. The SMILES string of the molecule is FC(F)(F)c1ccc(COC2CNCC2Nc2nccc(OC3COC3)n2)cc1. The number of rotatable bonds is 7. The van der Waals surface area contributed by atoms with Crippen molar-refractivity contribution in [2.45, 2.75) is 31.0 Å². The van der Waals surface area contributed by atoms with Crippen LogP contribution in [0.2, 0.25) is 0 Å². The van der Waals surface area contributed by atoms with Crippen molar-refractivity contribution < 1.29 is 27.4 Å². The molecule has 3 heterocycles. The van der Waals surface area contributed by atoms with Gasteiger partial charge in [0.1, 0.15) is 6.10 Å². The largest absolute Gasteiger partial charge is 0.469 e. The number of nitrogens with one attached hydrogen (secondary N) is 2. The lowest BCUT2D eigenvalue weighted by Gasteiger charge is -2.26. The van der Waals surface area contributed by atoms with Gasteiger partial charge in [0, 0.05) is 25.4 Å². The van der Waals surface area contributed by atoms with E-state index in [-0.39, 0.29) is 24.9 Å². The molecule has 0 saturated carbocycles. The van der Waals surface area contributed by atoms with Crippen LogP contribution in [0.5, 0.6) is 5.88 Å². The van der Waals surface area contributed by atoms with Gasteiger partial charge in [-0.25, -0.2) is 4.98 Å². The zero-order chi connectivity index (χ0) is 20.3. The van der Waals surface area contributed by atoms with Crippen LogP contribution in [0.25, 0.3) is 0 Å². The van der Waals surface area contributed by atoms with Crippen molar-refractivity contribution in [2.75, 3.05) is 31.6 Å². The molecule has 7 nitrogen and oxygen atoms in total. The third-order valence-corrected chi connectivity index (χ3v) is 4.74. The van der Waals surface area contributed by atoms with E-state index < -0.39 is 11.7 Å². The number of benzene rings is 1. The number of anilines is 1. The maximum Gasteiger partial charge on any atom is 0.416 e. The molecule has 0 amide bonds. The van der Waals surface area contributed by atoms with Gasteiger partial charge < -0.3 is 24.8 Å². The highest BCUT2D eigenvalue weighted by Crippen LogP contribution is 2.29. The Bertz CT molecular complexity index is 815. The first-order chi connectivity index (χ1) is 14.0. The van der Waals surface area contributed by atoms with Gasteiger partial charge in [-0.3, -0.25) is 0 Å². The van der Waals surface area contributed by atoms with Crippen LogP contribution >= 0.6 is 0 Å². The van der Waals surface area contributed by atoms with Crippen LogP contribution in [0.3, 0.4) is 0 Å². The smallest absolute Gasteiger partial charge is 0.416 e. The van der Waals surface area contributed by atoms with Gasteiger partial charge in [0.05, 0.1) is 37.5 Å². The summed E-state index contributed by atoms with van der Waals surface area (Å²) in [4.78, 5) is 8.57. The van der Waals surface area contributed by atoms with E-state index in [1.165, 1.54) is 12.1 Å². The van der Waals surface area contributed by atoms with Gasteiger partial charge in [-0.1, -0.05) is 12.1 Å². The van der Waals surface area contributed by atoms with E-state index in [9.17, 15) is 13.2 Å². The number of halogens is 3. The maximum absolute atomic E-state index is 12.7. The van der Waals surface area contributed by atoms with Crippen molar-refractivity contribution in [1.29, 1.82) is 0 Å². The topological polar surface area (TPSA) is 77.5 Å². The Kier molecular flexibility index (Phi) is 5.84. The monoisotopic (exact) mass is 410 g/mol. The molecular weight excluding hydrogens is 389 g/mol. The predicted molar refractivity (Wildman–Crippen MR) is 97.6 cm³/mol. The Hall–Kier alpha value is -2.43. The van der Waals surface area contributed by atoms with Gasteiger partial charge in [0.15, 0.2) is 0 Å². The van der Waals surface area contributed by atoms with Crippen molar-refractivity contribution >= 4 is 5.95 Å². The Morgan fingerprint density at radius 3 is 2.62 bits per heavy atom. The Morgan fingerprint density at radius 2 is 1.93 bits per heavy atom. The molecule has 2 fully saturated rings. The summed E-state index contributed by atoms with van der Waals surface area (Å²) in [5, 5.41) is 6.47. The summed E-state index contributed by atoms with van der Waals surface area (Å²) in [6.45, 7) is 2.60. The minimum Gasteiger partial charge on any atom is -0.469 e.